The number of nitrogens with one attached hydrogen (secondary N) is 3. The Morgan fingerprint density at radius 2 is 2.19 bits per heavy atom. The zero-order valence-electron chi connectivity index (χ0n) is 11.2. The van der Waals surface area contributed by atoms with Gasteiger partial charge in [0.25, 0.3) is 0 Å². The minimum Gasteiger partial charge on any atom is -0.361 e. The van der Waals surface area contributed by atoms with Gasteiger partial charge in [-0.2, -0.15) is 0 Å². The molecule has 21 heavy (non-hydrogen) atoms. The van der Waals surface area contributed by atoms with Gasteiger partial charge in [0.15, 0.2) is 0 Å². The Labute approximate surface area is 120 Å². The summed E-state index contributed by atoms with van der Waals surface area (Å²) in [6.45, 7) is 1.46. The Morgan fingerprint density at radius 1 is 1.24 bits per heavy atom. The van der Waals surface area contributed by atoms with Crippen molar-refractivity contribution in [3.8, 4) is 0 Å². The standard InChI is InChI=1S/C15H14FN5/c16-10-1-2-11-9(5-10)6-17-7-13(11)21-15-12-3-4-18-14(12)19-8-20-15/h1-5,8,13,17H,6-7H2,(H2,18,19,20,21). The Morgan fingerprint density at radius 3 is 3.14 bits per heavy atom. The molecule has 1 aromatic carbocycles. The number of benzene rings is 1. The van der Waals surface area contributed by atoms with Crippen molar-refractivity contribution in [1.82, 2.24) is 20.3 Å². The Balaban J connectivity index is 1.71. The van der Waals surface area contributed by atoms with Gasteiger partial charge in [0.05, 0.1) is 11.4 Å². The van der Waals surface area contributed by atoms with E-state index in [0.717, 1.165) is 34.5 Å². The maximum Gasteiger partial charge on any atom is 0.142 e. The average Bonchev–Trinajstić information content (AvgIpc) is 2.97. The summed E-state index contributed by atoms with van der Waals surface area (Å²) in [5.74, 6) is 0.580. The average molecular weight is 283 g/mol. The van der Waals surface area contributed by atoms with E-state index in [1.165, 1.54) is 12.4 Å². The van der Waals surface area contributed by atoms with E-state index in [1.807, 2.05) is 18.3 Å². The lowest BCUT2D eigenvalue weighted by molar-refractivity contribution is 0.565. The van der Waals surface area contributed by atoms with Crippen LogP contribution in [0.25, 0.3) is 11.0 Å². The second kappa shape index (κ2) is 4.82. The number of rotatable bonds is 2. The normalized spacial score (nSPS) is 17.7. The molecule has 0 radical (unpaired) electrons. The van der Waals surface area contributed by atoms with Crippen molar-refractivity contribution < 1.29 is 4.39 Å². The van der Waals surface area contributed by atoms with E-state index in [2.05, 4.69) is 25.6 Å². The predicted molar refractivity (Wildman–Crippen MR) is 78.4 cm³/mol. The van der Waals surface area contributed by atoms with E-state index in [4.69, 9.17) is 0 Å². The minimum absolute atomic E-state index is 0.0577. The molecule has 6 heteroatoms. The Kier molecular flexibility index (Phi) is 2.82. The summed E-state index contributed by atoms with van der Waals surface area (Å²) in [4.78, 5) is 11.6. The first-order valence-electron chi connectivity index (χ1n) is 6.85. The summed E-state index contributed by atoms with van der Waals surface area (Å²) in [7, 11) is 0. The van der Waals surface area contributed by atoms with Crippen LogP contribution < -0.4 is 10.6 Å². The molecule has 1 atom stereocenters. The largest absolute Gasteiger partial charge is 0.361 e. The number of anilines is 1. The minimum atomic E-state index is -0.203. The number of H-pyrrole nitrogens is 1. The highest BCUT2D eigenvalue weighted by atomic mass is 19.1. The fourth-order valence-electron chi connectivity index (χ4n) is 2.81. The molecular formula is C15H14FN5. The molecule has 3 heterocycles. The molecule has 0 aliphatic carbocycles. The van der Waals surface area contributed by atoms with E-state index in [-0.39, 0.29) is 11.9 Å². The number of fused-ring (bicyclic) bond motifs is 2. The summed E-state index contributed by atoms with van der Waals surface area (Å²) < 4.78 is 13.3. The van der Waals surface area contributed by atoms with Crippen molar-refractivity contribution in [1.29, 1.82) is 0 Å². The Hall–Kier alpha value is -2.47. The molecule has 2 aromatic heterocycles. The highest BCUT2D eigenvalue weighted by molar-refractivity contribution is 5.86. The molecule has 1 aliphatic heterocycles. The lowest BCUT2D eigenvalue weighted by Crippen LogP contribution is -2.32. The van der Waals surface area contributed by atoms with Crippen molar-refractivity contribution in [2.45, 2.75) is 12.6 Å². The van der Waals surface area contributed by atoms with Crippen molar-refractivity contribution in [2.75, 3.05) is 11.9 Å². The molecule has 0 saturated carbocycles. The summed E-state index contributed by atoms with van der Waals surface area (Å²) >= 11 is 0. The number of hydrogen-bond donors (Lipinski definition) is 3. The van der Waals surface area contributed by atoms with Gasteiger partial charge in [-0.3, -0.25) is 0 Å². The van der Waals surface area contributed by atoms with Crippen molar-refractivity contribution in [3.63, 3.8) is 0 Å². The van der Waals surface area contributed by atoms with E-state index >= 15 is 0 Å². The molecule has 0 spiro atoms. The number of halogens is 1. The van der Waals surface area contributed by atoms with Crippen LogP contribution in [-0.4, -0.2) is 21.5 Å². The number of hydrogen-bond acceptors (Lipinski definition) is 4. The molecule has 0 saturated heterocycles. The fraction of sp³-hybridized carbons (Fsp3) is 0.200. The topological polar surface area (TPSA) is 65.6 Å². The third kappa shape index (κ3) is 2.13. The first-order valence-corrected chi connectivity index (χ1v) is 6.85. The van der Waals surface area contributed by atoms with Crippen molar-refractivity contribution in [2.24, 2.45) is 0 Å². The molecule has 1 aliphatic rings. The van der Waals surface area contributed by atoms with Crippen LogP contribution in [0.1, 0.15) is 17.2 Å². The quantitative estimate of drug-likeness (QED) is 0.675. The smallest absolute Gasteiger partial charge is 0.142 e. The van der Waals surface area contributed by atoms with Crippen LogP contribution in [0, 0.1) is 5.82 Å². The van der Waals surface area contributed by atoms with Crippen LogP contribution in [0.3, 0.4) is 0 Å². The van der Waals surface area contributed by atoms with Crippen LogP contribution in [-0.2, 0) is 6.54 Å². The third-order valence-corrected chi connectivity index (χ3v) is 3.81. The van der Waals surface area contributed by atoms with Crippen LogP contribution in [0.2, 0.25) is 0 Å². The van der Waals surface area contributed by atoms with Gasteiger partial charge in [0.1, 0.15) is 23.6 Å². The zero-order chi connectivity index (χ0) is 14.2. The SMILES string of the molecule is Fc1ccc2c(c1)CNCC2Nc1ncnc2[nH]ccc12. The van der Waals surface area contributed by atoms with Crippen LogP contribution in [0.5, 0.6) is 0 Å². The molecule has 0 fully saturated rings. The first kappa shape index (κ1) is 12.3. The van der Waals surface area contributed by atoms with Crippen LogP contribution >= 0.6 is 0 Å². The third-order valence-electron chi connectivity index (χ3n) is 3.81. The molecule has 3 N–H and O–H groups in total. The monoisotopic (exact) mass is 283 g/mol. The zero-order valence-corrected chi connectivity index (χ0v) is 11.2. The van der Waals surface area contributed by atoms with E-state index in [0.29, 0.717) is 6.54 Å². The fourth-order valence-corrected chi connectivity index (χ4v) is 2.81. The predicted octanol–water partition coefficient (Wildman–Crippen LogP) is 2.35. The lowest BCUT2D eigenvalue weighted by Gasteiger charge is -2.27. The van der Waals surface area contributed by atoms with Gasteiger partial charge in [-0.05, 0) is 29.3 Å². The summed E-state index contributed by atoms with van der Waals surface area (Å²) in [5, 5.41) is 7.68. The maximum absolute atomic E-state index is 13.3. The number of aromatic amines is 1. The second-order valence-corrected chi connectivity index (χ2v) is 5.13. The van der Waals surface area contributed by atoms with Crippen LogP contribution in [0.15, 0.2) is 36.8 Å². The molecule has 106 valence electrons. The summed E-state index contributed by atoms with van der Waals surface area (Å²) in [6, 6.07) is 6.94. The molecule has 1 unspecified atom stereocenters. The number of aromatic nitrogens is 3. The molecule has 5 nitrogen and oxygen atoms in total. The summed E-state index contributed by atoms with van der Waals surface area (Å²) in [5.41, 5.74) is 2.89. The van der Waals surface area contributed by atoms with E-state index in [1.54, 1.807) is 6.07 Å². The lowest BCUT2D eigenvalue weighted by atomic mass is 9.96. The molecule has 0 bridgehead atoms. The summed E-state index contributed by atoms with van der Waals surface area (Å²) in [6.07, 6.45) is 3.37. The van der Waals surface area contributed by atoms with Gasteiger partial charge in [-0.25, -0.2) is 14.4 Å². The maximum atomic E-state index is 13.3. The highest BCUT2D eigenvalue weighted by Crippen LogP contribution is 2.28. The number of nitrogens with zero attached hydrogens (tertiary/aromatic N) is 2. The van der Waals surface area contributed by atoms with Crippen molar-refractivity contribution >= 4 is 16.9 Å². The first-order chi connectivity index (χ1) is 10.3. The van der Waals surface area contributed by atoms with Crippen molar-refractivity contribution in [3.05, 3.63) is 53.7 Å². The highest BCUT2D eigenvalue weighted by Gasteiger charge is 2.21. The molecular weight excluding hydrogens is 269 g/mol. The van der Waals surface area contributed by atoms with Gasteiger partial charge >= 0.3 is 0 Å². The molecule has 3 aromatic rings. The van der Waals surface area contributed by atoms with Gasteiger partial charge in [-0.1, -0.05) is 6.07 Å². The van der Waals surface area contributed by atoms with Crippen LogP contribution in [0.4, 0.5) is 10.2 Å². The van der Waals surface area contributed by atoms with E-state index in [9.17, 15) is 4.39 Å². The van der Waals surface area contributed by atoms with Gasteiger partial charge in [0, 0.05) is 19.3 Å². The van der Waals surface area contributed by atoms with Gasteiger partial charge < -0.3 is 15.6 Å². The second-order valence-electron chi connectivity index (χ2n) is 5.13. The van der Waals surface area contributed by atoms with E-state index < -0.39 is 0 Å². The molecule has 4 rings (SSSR count). The van der Waals surface area contributed by atoms with Gasteiger partial charge in [-0.15, -0.1) is 0 Å². The Bertz CT molecular complexity index is 798. The van der Waals surface area contributed by atoms with Gasteiger partial charge in [0.2, 0.25) is 0 Å². The molecule has 0 amide bonds.